The Balaban J connectivity index is 1.54. The maximum absolute atomic E-state index is 12.2. The van der Waals surface area contributed by atoms with Crippen LogP contribution in [0.3, 0.4) is 0 Å². The summed E-state index contributed by atoms with van der Waals surface area (Å²) < 4.78 is 16.1. The van der Waals surface area contributed by atoms with Gasteiger partial charge in [0.1, 0.15) is 0 Å². The third-order valence-corrected chi connectivity index (χ3v) is 4.75. The van der Waals surface area contributed by atoms with E-state index in [0.29, 0.717) is 17.2 Å². The standard InChI is InChI=1S/C21H27N3O4/c1-23-11-13-24(14-12-23)17-9-7-16(8-10-17)22-20(25)15-28-19-6-4-5-18(26-2)21(19)27-3/h4-10H,11-15H2,1-3H3,(H,22,25). The monoisotopic (exact) mass is 385 g/mol. The van der Waals surface area contributed by atoms with Gasteiger partial charge < -0.3 is 29.3 Å². The van der Waals surface area contributed by atoms with E-state index in [1.807, 2.05) is 24.3 Å². The smallest absolute Gasteiger partial charge is 0.262 e. The third-order valence-electron chi connectivity index (χ3n) is 4.75. The molecule has 1 amide bonds. The number of anilines is 2. The summed E-state index contributed by atoms with van der Waals surface area (Å²) in [6, 6.07) is 13.2. The maximum atomic E-state index is 12.2. The Hall–Kier alpha value is -2.93. The molecule has 0 unspecified atom stereocenters. The molecule has 1 N–H and O–H groups in total. The van der Waals surface area contributed by atoms with Crippen molar-refractivity contribution < 1.29 is 19.0 Å². The summed E-state index contributed by atoms with van der Waals surface area (Å²) in [4.78, 5) is 16.9. The van der Waals surface area contributed by atoms with Crippen LogP contribution in [0.5, 0.6) is 17.2 Å². The van der Waals surface area contributed by atoms with Gasteiger partial charge in [0.2, 0.25) is 5.75 Å². The van der Waals surface area contributed by atoms with Crippen molar-refractivity contribution >= 4 is 17.3 Å². The minimum absolute atomic E-state index is 0.121. The van der Waals surface area contributed by atoms with Gasteiger partial charge in [0.25, 0.3) is 5.91 Å². The van der Waals surface area contributed by atoms with Crippen molar-refractivity contribution in [2.75, 3.05) is 64.3 Å². The summed E-state index contributed by atoms with van der Waals surface area (Å²) in [6.45, 7) is 4.02. The first kappa shape index (κ1) is 19.8. The highest BCUT2D eigenvalue weighted by molar-refractivity contribution is 5.92. The van der Waals surface area contributed by atoms with Crippen LogP contribution in [0.15, 0.2) is 42.5 Å². The van der Waals surface area contributed by atoms with Crippen molar-refractivity contribution in [3.63, 3.8) is 0 Å². The van der Waals surface area contributed by atoms with Crippen LogP contribution in [0.4, 0.5) is 11.4 Å². The number of carbonyl (C=O) groups excluding carboxylic acids is 1. The first-order valence-electron chi connectivity index (χ1n) is 9.28. The number of piperazine rings is 1. The second kappa shape index (κ2) is 9.32. The largest absolute Gasteiger partial charge is 0.493 e. The number of benzene rings is 2. The van der Waals surface area contributed by atoms with Crippen LogP contribution < -0.4 is 24.4 Å². The molecule has 7 heteroatoms. The second-order valence-electron chi connectivity index (χ2n) is 6.67. The molecule has 28 heavy (non-hydrogen) atoms. The van der Waals surface area contributed by atoms with Crippen LogP contribution in [0.25, 0.3) is 0 Å². The van der Waals surface area contributed by atoms with E-state index in [0.717, 1.165) is 31.9 Å². The number of nitrogens with zero attached hydrogens (tertiary/aromatic N) is 2. The quantitative estimate of drug-likeness (QED) is 0.790. The number of para-hydroxylation sites is 1. The van der Waals surface area contributed by atoms with Crippen molar-refractivity contribution in [2.24, 2.45) is 0 Å². The molecule has 0 spiro atoms. The maximum Gasteiger partial charge on any atom is 0.262 e. The fourth-order valence-corrected chi connectivity index (χ4v) is 3.13. The van der Waals surface area contributed by atoms with E-state index in [-0.39, 0.29) is 12.5 Å². The number of carbonyl (C=O) groups is 1. The second-order valence-corrected chi connectivity index (χ2v) is 6.67. The van der Waals surface area contributed by atoms with Gasteiger partial charge in [0.15, 0.2) is 18.1 Å². The highest BCUT2D eigenvalue weighted by atomic mass is 16.5. The lowest BCUT2D eigenvalue weighted by Gasteiger charge is -2.34. The van der Waals surface area contributed by atoms with Crippen molar-refractivity contribution in [3.05, 3.63) is 42.5 Å². The molecule has 1 aliphatic heterocycles. The first-order valence-corrected chi connectivity index (χ1v) is 9.28. The highest BCUT2D eigenvalue weighted by Crippen LogP contribution is 2.36. The number of amides is 1. The van der Waals surface area contributed by atoms with E-state index in [4.69, 9.17) is 14.2 Å². The molecule has 0 aliphatic carbocycles. The van der Waals surface area contributed by atoms with Gasteiger partial charge in [-0.05, 0) is 43.4 Å². The third kappa shape index (κ3) is 4.86. The molecule has 1 aliphatic rings. The number of rotatable bonds is 7. The zero-order chi connectivity index (χ0) is 19.9. The van der Waals surface area contributed by atoms with E-state index in [9.17, 15) is 4.79 Å². The summed E-state index contributed by atoms with van der Waals surface area (Å²) in [5.74, 6) is 1.24. The first-order chi connectivity index (χ1) is 13.6. The molecular weight excluding hydrogens is 358 g/mol. The van der Waals surface area contributed by atoms with Crippen LogP contribution >= 0.6 is 0 Å². The molecule has 0 aromatic heterocycles. The molecule has 0 bridgehead atoms. The number of methoxy groups -OCH3 is 2. The van der Waals surface area contributed by atoms with E-state index >= 15 is 0 Å². The van der Waals surface area contributed by atoms with E-state index in [1.165, 1.54) is 12.8 Å². The summed E-state index contributed by atoms with van der Waals surface area (Å²) in [5, 5.41) is 2.85. The Kier molecular flexibility index (Phi) is 6.60. The molecule has 2 aromatic carbocycles. The van der Waals surface area contributed by atoms with Gasteiger partial charge >= 0.3 is 0 Å². The Morgan fingerprint density at radius 1 is 0.964 bits per heavy atom. The van der Waals surface area contributed by atoms with Crippen LogP contribution in [0, 0.1) is 0 Å². The zero-order valence-corrected chi connectivity index (χ0v) is 16.6. The minimum atomic E-state index is -0.239. The molecule has 0 saturated carbocycles. The lowest BCUT2D eigenvalue weighted by atomic mass is 10.2. The molecule has 2 aromatic rings. The van der Waals surface area contributed by atoms with Gasteiger partial charge in [0, 0.05) is 37.6 Å². The lowest BCUT2D eigenvalue weighted by molar-refractivity contribution is -0.118. The number of likely N-dealkylation sites (N-methyl/N-ethyl adjacent to an activating group) is 1. The number of hydrogen-bond donors (Lipinski definition) is 1. The van der Waals surface area contributed by atoms with E-state index in [1.54, 1.807) is 25.3 Å². The molecule has 1 saturated heterocycles. The summed E-state index contributed by atoms with van der Waals surface area (Å²) in [6.07, 6.45) is 0. The average molecular weight is 385 g/mol. The Bertz CT molecular complexity index is 787. The lowest BCUT2D eigenvalue weighted by Crippen LogP contribution is -2.44. The van der Waals surface area contributed by atoms with Gasteiger partial charge in [-0.15, -0.1) is 0 Å². The molecule has 7 nitrogen and oxygen atoms in total. The number of ether oxygens (including phenoxy) is 3. The molecular formula is C21H27N3O4. The van der Waals surface area contributed by atoms with Crippen LogP contribution in [0.2, 0.25) is 0 Å². The fraction of sp³-hybridized carbons (Fsp3) is 0.381. The van der Waals surface area contributed by atoms with Crippen molar-refractivity contribution in [1.82, 2.24) is 4.90 Å². The zero-order valence-electron chi connectivity index (χ0n) is 16.6. The normalized spacial score (nSPS) is 14.5. The Labute approximate surface area is 165 Å². The average Bonchev–Trinajstić information content (AvgIpc) is 2.73. The van der Waals surface area contributed by atoms with Crippen molar-refractivity contribution in [1.29, 1.82) is 0 Å². The van der Waals surface area contributed by atoms with Crippen LogP contribution in [-0.2, 0) is 4.79 Å². The molecule has 1 heterocycles. The summed E-state index contributed by atoms with van der Waals surface area (Å²) in [5.41, 5.74) is 1.91. The van der Waals surface area contributed by atoms with Crippen LogP contribution in [0.1, 0.15) is 0 Å². The Morgan fingerprint density at radius 3 is 2.29 bits per heavy atom. The molecule has 1 fully saturated rings. The van der Waals surface area contributed by atoms with E-state index < -0.39 is 0 Å². The van der Waals surface area contributed by atoms with Gasteiger partial charge in [-0.1, -0.05) is 6.07 Å². The topological polar surface area (TPSA) is 63.3 Å². The van der Waals surface area contributed by atoms with E-state index in [2.05, 4.69) is 22.2 Å². The SMILES string of the molecule is COc1cccc(OCC(=O)Nc2ccc(N3CCN(C)CC3)cc2)c1OC. The minimum Gasteiger partial charge on any atom is -0.493 e. The predicted molar refractivity (Wildman–Crippen MR) is 110 cm³/mol. The van der Waals surface area contributed by atoms with Crippen molar-refractivity contribution in [2.45, 2.75) is 0 Å². The van der Waals surface area contributed by atoms with Gasteiger partial charge in [-0.2, -0.15) is 0 Å². The Morgan fingerprint density at radius 2 is 1.64 bits per heavy atom. The van der Waals surface area contributed by atoms with Crippen molar-refractivity contribution in [3.8, 4) is 17.2 Å². The van der Waals surface area contributed by atoms with Gasteiger partial charge in [-0.25, -0.2) is 0 Å². The molecule has 150 valence electrons. The predicted octanol–water partition coefficient (Wildman–Crippen LogP) is 2.47. The molecule has 0 radical (unpaired) electrons. The summed E-state index contributed by atoms with van der Waals surface area (Å²) >= 11 is 0. The van der Waals surface area contributed by atoms with Gasteiger partial charge in [-0.3, -0.25) is 4.79 Å². The fourth-order valence-electron chi connectivity index (χ4n) is 3.13. The van der Waals surface area contributed by atoms with Crippen LogP contribution in [-0.4, -0.2) is 64.9 Å². The number of nitrogens with one attached hydrogen (secondary N) is 1. The summed E-state index contributed by atoms with van der Waals surface area (Å²) in [7, 11) is 5.23. The highest BCUT2D eigenvalue weighted by Gasteiger charge is 2.15. The molecule has 0 atom stereocenters. The van der Waals surface area contributed by atoms with Gasteiger partial charge in [0.05, 0.1) is 14.2 Å². The number of hydrogen-bond acceptors (Lipinski definition) is 6. The molecule has 3 rings (SSSR count).